The number of hydrogen-bond acceptors (Lipinski definition) is 18. The zero-order valence-corrected chi connectivity index (χ0v) is 43.7. The summed E-state index contributed by atoms with van der Waals surface area (Å²) >= 11 is 0. The molecular formula is C48H64N8O12S2. The molecule has 0 fully saturated rings. The molecule has 0 saturated carbocycles. The molecule has 4 heterocycles. The highest BCUT2D eigenvalue weighted by Crippen LogP contribution is 2.39. The fraction of sp³-hybridized carbons (Fsp3) is 0.458. The molecule has 2 N–H and O–H groups in total. The monoisotopic (exact) mass is 1010 g/mol. The molecule has 0 aliphatic carbocycles. The lowest BCUT2D eigenvalue weighted by molar-refractivity contribution is 0.0625. The maximum atomic E-state index is 13.4. The first-order valence-corrected chi connectivity index (χ1v) is 25.4. The van der Waals surface area contributed by atoms with E-state index in [2.05, 4.69) is 30.4 Å². The summed E-state index contributed by atoms with van der Waals surface area (Å²) in [4.78, 5) is 8.89. The highest BCUT2D eigenvalue weighted by Gasteiger charge is 2.39. The largest absolute Gasteiger partial charge is 0.494 e. The van der Waals surface area contributed by atoms with E-state index in [4.69, 9.17) is 28.4 Å². The number of aliphatic hydroxyl groups excluding tert-OH is 2. The Kier molecular flexibility index (Phi) is 17.3. The summed E-state index contributed by atoms with van der Waals surface area (Å²) in [6.07, 6.45) is -2.16. The van der Waals surface area contributed by atoms with Crippen molar-refractivity contribution in [1.82, 2.24) is 39.5 Å². The first kappa shape index (κ1) is 54.6. The molecule has 6 rings (SSSR count). The van der Waals surface area contributed by atoms with Gasteiger partial charge in [0.15, 0.2) is 43.0 Å². The molecule has 2 aromatic carbocycles. The molecule has 70 heavy (non-hydrogen) atoms. The second-order valence-electron chi connectivity index (χ2n) is 18.3. The summed E-state index contributed by atoms with van der Waals surface area (Å²) in [5.41, 5.74) is 0.434. The maximum Gasteiger partial charge on any atom is 0.213 e. The Bertz CT molecular complexity index is 2720. The van der Waals surface area contributed by atoms with Crippen molar-refractivity contribution in [1.29, 1.82) is 0 Å². The van der Waals surface area contributed by atoms with Crippen molar-refractivity contribution in [2.45, 2.75) is 89.6 Å². The fourth-order valence-corrected chi connectivity index (χ4v) is 10.7. The van der Waals surface area contributed by atoms with Crippen LogP contribution in [0.4, 0.5) is 0 Å². The highest BCUT2D eigenvalue weighted by atomic mass is 32.2. The second kappa shape index (κ2) is 22.2. The van der Waals surface area contributed by atoms with E-state index in [9.17, 15) is 27.0 Å². The number of sulfone groups is 2. The van der Waals surface area contributed by atoms with Gasteiger partial charge in [-0.25, -0.2) is 26.8 Å². The summed E-state index contributed by atoms with van der Waals surface area (Å²) in [5.74, 6) is 2.29. The van der Waals surface area contributed by atoms with Crippen molar-refractivity contribution < 1.29 is 55.5 Å². The van der Waals surface area contributed by atoms with Crippen molar-refractivity contribution in [2.75, 3.05) is 42.7 Å². The number of ether oxygens (including phenoxy) is 6. The minimum absolute atomic E-state index is 0.125. The number of hydrogen-bond donors (Lipinski definition) is 2. The number of methoxy groups -OCH3 is 6. The van der Waals surface area contributed by atoms with Crippen LogP contribution in [0.15, 0.2) is 72.8 Å². The third kappa shape index (κ3) is 12.0. The van der Waals surface area contributed by atoms with Crippen LogP contribution < -0.4 is 28.4 Å². The Morgan fingerprint density at radius 2 is 0.786 bits per heavy atom. The minimum Gasteiger partial charge on any atom is -0.494 e. The van der Waals surface area contributed by atoms with E-state index < -0.39 is 64.7 Å². The van der Waals surface area contributed by atoms with Gasteiger partial charge >= 0.3 is 0 Å². The third-order valence-electron chi connectivity index (χ3n) is 11.5. The van der Waals surface area contributed by atoms with Gasteiger partial charge in [0.25, 0.3) is 0 Å². The van der Waals surface area contributed by atoms with Crippen molar-refractivity contribution in [2.24, 2.45) is 10.8 Å². The van der Waals surface area contributed by atoms with E-state index in [0.717, 1.165) is 0 Å². The third-order valence-corrected chi connectivity index (χ3v) is 15.6. The number of rotatable bonds is 18. The first-order chi connectivity index (χ1) is 32.9. The molecule has 4 aromatic heterocycles. The number of benzene rings is 2. The van der Waals surface area contributed by atoms with Crippen molar-refractivity contribution in [3.05, 3.63) is 84.4 Å². The molecule has 0 bridgehead atoms. The Morgan fingerprint density at radius 1 is 0.486 bits per heavy atom. The molecule has 380 valence electrons. The maximum absolute atomic E-state index is 13.4. The molecule has 0 aliphatic heterocycles. The van der Waals surface area contributed by atoms with Crippen molar-refractivity contribution in [3.8, 4) is 69.2 Å². The van der Waals surface area contributed by atoms with Crippen LogP contribution in [0.25, 0.3) is 34.4 Å². The average Bonchev–Trinajstić information content (AvgIpc) is 3.94. The lowest BCUT2D eigenvalue weighted by Crippen LogP contribution is -2.41. The zero-order chi connectivity index (χ0) is 51.9. The molecule has 0 saturated heterocycles. The highest BCUT2D eigenvalue weighted by molar-refractivity contribution is 7.91. The van der Waals surface area contributed by atoms with Crippen LogP contribution in [0, 0.1) is 10.8 Å². The van der Waals surface area contributed by atoms with Crippen LogP contribution in [-0.2, 0) is 31.2 Å². The summed E-state index contributed by atoms with van der Waals surface area (Å²) in [6, 6.07) is 20.7. The summed E-state index contributed by atoms with van der Waals surface area (Å²) < 4.78 is 89.5. The molecule has 0 unspecified atom stereocenters. The van der Waals surface area contributed by atoms with Gasteiger partial charge in [-0.2, -0.15) is 0 Å². The van der Waals surface area contributed by atoms with Gasteiger partial charge in [0.2, 0.25) is 11.8 Å². The summed E-state index contributed by atoms with van der Waals surface area (Å²) in [6.45, 7) is 13.7. The molecule has 0 radical (unpaired) electrons. The Labute approximate surface area is 409 Å². The molecule has 0 amide bonds. The number of nitrogens with zero attached hydrogens (tertiary/aromatic N) is 8. The lowest BCUT2D eigenvalue weighted by Gasteiger charge is -2.30. The quantitative estimate of drug-likeness (QED) is 0.0982. The number of pyridine rings is 2. The average molecular weight is 1010 g/mol. The van der Waals surface area contributed by atoms with Gasteiger partial charge in [0, 0.05) is 12.1 Å². The summed E-state index contributed by atoms with van der Waals surface area (Å²) in [7, 11) is 1.32. The van der Waals surface area contributed by atoms with Crippen molar-refractivity contribution >= 4 is 19.7 Å². The van der Waals surface area contributed by atoms with E-state index in [1.165, 1.54) is 56.5 Å². The van der Waals surface area contributed by atoms with Crippen molar-refractivity contribution in [3.63, 3.8) is 0 Å². The molecule has 20 nitrogen and oxygen atoms in total. The molecular weight excluding hydrogens is 945 g/mol. The molecule has 22 heteroatoms. The van der Waals surface area contributed by atoms with Gasteiger partial charge in [-0.15, -0.1) is 20.4 Å². The van der Waals surface area contributed by atoms with Crippen LogP contribution in [0.1, 0.15) is 67.0 Å². The predicted octanol–water partition coefficient (Wildman–Crippen LogP) is 6.13. The normalized spacial score (nSPS) is 13.8. The topological polar surface area (TPSA) is 251 Å². The van der Waals surface area contributed by atoms with Crippen LogP contribution in [0.2, 0.25) is 0 Å². The van der Waals surface area contributed by atoms with E-state index in [1.54, 1.807) is 123 Å². The second-order valence-corrected chi connectivity index (χ2v) is 23.1. The van der Waals surface area contributed by atoms with Crippen LogP contribution in [0.3, 0.4) is 0 Å². The Morgan fingerprint density at radius 3 is 1.06 bits per heavy atom. The van der Waals surface area contributed by atoms with Gasteiger partial charge in [0.1, 0.15) is 57.3 Å². The Hall–Kier alpha value is -6.36. The molecule has 0 spiro atoms. The predicted molar refractivity (Wildman–Crippen MR) is 264 cm³/mol. The summed E-state index contributed by atoms with van der Waals surface area (Å²) in [5, 5.41) is 36.3. The first-order valence-electron chi connectivity index (χ1n) is 22.0. The Balaban J connectivity index is 0.000000261. The van der Waals surface area contributed by atoms with Gasteiger partial charge < -0.3 is 38.6 Å². The van der Waals surface area contributed by atoms with Crippen LogP contribution in [0.5, 0.6) is 34.8 Å². The SMILES string of the molecule is COc1cccc(-c2nnc(CS(=O)(=O)[C@@H](C)[C@H](O)C(C)(C)C)n2-c2c(OC)cccc2OC)n1.COc1cccc(-c2nnc(CS(=O)(=O)[C@H](C)[C@@H](O)C(C)(C)C)n2-c2c(OC)cccc2OC)n1. The molecule has 6 aromatic rings. The molecule has 0 aliphatic rings. The number of para-hydroxylation sites is 2. The smallest absolute Gasteiger partial charge is 0.213 e. The van der Waals surface area contributed by atoms with E-state index in [1.807, 2.05) is 0 Å². The molecule has 4 atom stereocenters. The van der Waals surface area contributed by atoms with E-state index in [0.29, 0.717) is 57.5 Å². The fourth-order valence-electron chi connectivity index (χ4n) is 7.46. The van der Waals surface area contributed by atoms with Gasteiger partial charge in [-0.05, 0) is 61.1 Å². The number of aromatic nitrogens is 8. The zero-order valence-electron chi connectivity index (χ0n) is 42.0. The van der Waals surface area contributed by atoms with E-state index in [-0.39, 0.29) is 23.3 Å². The standard InChI is InChI=1S/2C24H32N4O6S/c2*1-15(22(29)24(2,3)4)35(30,31)14-19-26-27-23(16-10-8-13-20(25-16)34-7)28(19)21-17(32-5)11-9-12-18(21)33-6/h2*8-13,15,22,29H,14H2,1-7H3/t2*15-,22-/m10/s1. The lowest BCUT2D eigenvalue weighted by atomic mass is 9.87. The van der Waals surface area contributed by atoms with E-state index >= 15 is 0 Å². The van der Waals surface area contributed by atoms with Crippen LogP contribution in [-0.4, -0.2) is 132 Å². The van der Waals surface area contributed by atoms with Gasteiger partial charge in [-0.3, -0.25) is 9.13 Å². The minimum atomic E-state index is -3.85. The van der Waals surface area contributed by atoms with Gasteiger partial charge in [-0.1, -0.05) is 65.8 Å². The van der Waals surface area contributed by atoms with Gasteiger partial charge in [0.05, 0.1) is 65.4 Å². The van der Waals surface area contributed by atoms with Crippen LogP contribution >= 0.6 is 0 Å². The number of aliphatic hydroxyl groups is 2.